The molecule has 0 aromatic heterocycles. The van der Waals surface area contributed by atoms with Crippen LogP contribution in [-0.2, 0) is 32.2 Å². The predicted molar refractivity (Wildman–Crippen MR) is 157 cm³/mol. The number of nitrogens with zero attached hydrogens (tertiary/aromatic N) is 1. The van der Waals surface area contributed by atoms with Crippen molar-refractivity contribution in [3.8, 4) is 0 Å². The average molecular weight is 567 g/mol. The first kappa shape index (κ1) is 31.2. The zero-order valence-electron chi connectivity index (χ0n) is 24.1. The zero-order valence-corrected chi connectivity index (χ0v) is 24.1. The maximum absolute atomic E-state index is 12.2. The van der Waals surface area contributed by atoms with Gasteiger partial charge in [0, 0.05) is 37.9 Å². The molecule has 2 aliphatic rings. The van der Waals surface area contributed by atoms with Crippen LogP contribution < -0.4 is 5.32 Å². The molecule has 2 aromatic rings. The van der Waals surface area contributed by atoms with E-state index in [4.69, 9.17) is 14.6 Å². The fourth-order valence-corrected chi connectivity index (χ4v) is 5.64. The first-order chi connectivity index (χ1) is 20.0. The van der Waals surface area contributed by atoms with Crippen LogP contribution in [0.1, 0.15) is 105 Å². The molecule has 224 valence electrons. The molecule has 2 aliphatic heterocycles. The van der Waals surface area contributed by atoms with Crippen LogP contribution in [0.15, 0.2) is 48.5 Å². The van der Waals surface area contributed by atoms with Gasteiger partial charge in [0.1, 0.15) is 0 Å². The Labute approximate surface area is 244 Å². The van der Waals surface area contributed by atoms with E-state index < -0.39 is 12.3 Å². The minimum atomic E-state index is -0.794. The number of rotatable bonds is 13. The van der Waals surface area contributed by atoms with Gasteiger partial charge in [-0.15, -0.1) is 0 Å². The Morgan fingerprint density at radius 2 is 1.44 bits per heavy atom. The van der Waals surface area contributed by atoms with Crippen LogP contribution in [0.4, 0.5) is 0 Å². The number of carbonyl (C=O) groups excluding carboxylic acids is 1. The summed E-state index contributed by atoms with van der Waals surface area (Å²) in [4.78, 5) is 25.3. The number of hydrogen-bond acceptors (Lipinski definition) is 6. The van der Waals surface area contributed by atoms with Crippen molar-refractivity contribution in [1.82, 2.24) is 10.2 Å². The summed E-state index contributed by atoms with van der Waals surface area (Å²) in [6.07, 6.45) is 9.24. The van der Waals surface area contributed by atoms with Crippen LogP contribution >= 0.6 is 0 Å². The van der Waals surface area contributed by atoms with E-state index in [0.717, 1.165) is 54.7 Å². The summed E-state index contributed by atoms with van der Waals surface area (Å²) in [5.41, 5.74) is 3.93. The van der Waals surface area contributed by atoms with Crippen molar-refractivity contribution in [3.63, 3.8) is 0 Å². The van der Waals surface area contributed by atoms with Crippen molar-refractivity contribution < 1.29 is 29.3 Å². The van der Waals surface area contributed by atoms with Gasteiger partial charge in [-0.25, -0.2) is 0 Å². The highest BCUT2D eigenvalue weighted by Crippen LogP contribution is 2.38. The van der Waals surface area contributed by atoms with Gasteiger partial charge < -0.3 is 29.9 Å². The van der Waals surface area contributed by atoms with Gasteiger partial charge in [-0.1, -0.05) is 74.2 Å². The summed E-state index contributed by atoms with van der Waals surface area (Å²) in [5.74, 6) is -0.817. The van der Waals surface area contributed by atoms with Gasteiger partial charge in [0.2, 0.25) is 5.91 Å². The molecule has 2 heterocycles. The van der Waals surface area contributed by atoms with Crippen LogP contribution in [0, 0.1) is 0 Å². The molecule has 3 N–H and O–H groups in total. The summed E-state index contributed by atoms with van der Waals surface area (Å²) < 4.78 is 13.1. The lowest BCUT2D eigenvalue weighted by atomic mass is 9.99. The van der Waals surface area contributed by atoms with Gasteiger partial charge in [-0.2, -0.15) is 0 Å². The van der Waals surface area contributed by atoms with Gasteiger partial charge in [-0.3, -0.25) is 9.59 Å². The molecule has 0 radical (unpaired) electrons. The number of nitrogens with one attached hydrogen (secondary N) is 1. The lowest BCUT2D eigenvalue weighted by Gasteiger charge is -2.38. The third kappa shape index (κ3) is 10.5. The minimum Gasteiger partial charge on any atom is -0.481 e. The number of amides is 1. The first-order valence-electron chi connectivity index (χ1n) is 15.3. The summed E-state index contributed by atoms with van der Waals surface area (Å²) in [6.45, 7) is 3.59. The van der Waals surface area contributed by atoms with Crippen molar-refractivity contribution in [1.29, 1.82) is 0 Å². The topological polar surface area (TPSA) is 108 Å². The number of carbonyl (C=O) groups is 2. The lowest BCUT2D eigenvalue weighted by Crippen LogP contribution is -2.40. The summed E-state index contributed by atoms with van der Waals surface area (Å²) in [5, 5.41) is 21.1. The Morgan fingerprint density at radius 1 is 0.805 bits per heavy atom. The van der Waals surface area contributed by atoms with E-state index in [2.05, 4.69) is 10.2 Å². The number of carboxylic acids is 1. The van der Waals surface area contributed by atoms with E-state index >= 15 is 0 Å². The first-order valence-corrected chi connectivity index (χ1v) is 15.3. The van der Waals surface area contributed by atoms with Gasteiger partial charge in [0.25, 0.3) is 0 Å². The number of aliphatic carboxylic acids is 1. The standard InChI is InChI=1S/C33H46N2O6/c36-24-26-13-15-27(16-14-26)30-21-29(23-35-19-7-2-1-3-8-20-35)40-33(41-30)28-17-11-25(12-18-28)22-34-31(37)9-5-4-6-10-32(38)39/h11-18,29-30,33,36H,1-10,19-24H2,(H,34,37)(H,38,39)/t29-,30+,33+/m1/s1. The lowest BCUT2D eigenvalue weighted by molar-refractivity contribution is -0.253. The highest BCUT2D eigenvalue weighted by atomic mass is 16.7. The number of carboxylic acid groups (broad SMARTS) is 1. The van der Waals surface area contributed by atoms with Crippen molar-refractivity contribution >= 4 is 11.9 Å². The molecule has 41 heavy (non-hydrogen) atoms. The van der Waals surface area contributed by atoms with Gasteiger partial charge in [0.15, 0.2) is 6.29 Å². The largest absolute Gasteiger partial charge is 0.481 e. The SMILES string of the molecule is O=C(O)CCCCCC(=O)NCc1ccc([C@H]2O[C@@H](CN3CCCCCCC3)C[C@@H](c3ccc(CO)cc3)O2)cc1. The fraction of sp³-hybridized carbons (Fsp3) is 0.576. The number of likely N-dealkylation sites (tertiary alicyclic amines) is 1. The Bertz CT molecular complexity index is 1070. The van der Waals surface area contributed by atoms with Crippen molar-refractivity contribution in [2.75, 3.05) is 19.6 Å². The number of benzene rings is 2. The Morgan fingerprint density at radius 3 is 2.12 bits per heavy atom. The molecule has 0 aliphatic carbocycles. The van der Waals surface area contributed by atoms with E-state index in [1.54, 1.807) is 0 Å². The monoisotopic (exact) mass is 566 g/mol. The molecule has 0 bridgehead atoms. The Kier molecular flexibility index (Phi) is 12.6. The Hall–Kier alpha value is -2.78. The number of ether oxygens (including phenoxy) is 2. The molecule has 0 saturated carbocycles. The molecule has 8 heteroatoms. The number of unbranched alkanes of at least 4 members (excludes halogenated alkanes) is 2. The molecule has 2 fully saturated rings. The quantitative estimate of drug-likeness (QED) is 0.269. The van der Waals surface area contributed by atoms with Crippen LogP contribution in [0.3, 0.4) is 0 Å². The summed E-state index contributed by atoms with van der Waals surface area (Å²) >= 11 is 0. The van der Waals surface area contributed by atoms with Gasteiger partial charge in [-0.05, 0) is 55.5 Å². The highest BCUT2D eigenvalue weighted by molar-refractivity contribution is 5.75. The second kappa shape index (κ2) is 16.6. The number of hydrogen-bond donors (Lipinski definition) is 3. The maximum atomic E-state index is 12.2. The third-order valence-electron chi connectivity index (χ3n) is 8.06. The van der Waals surface area contributed by atoms with E-state index in [1.165, 1.54) is 32.1 Å². The molecular formula is C33H46N2O6. The van der Waals surface area contributed by atoms with Crippen LogP contribution in [0.25, 0.3) is 0 Å². The molecule has 0 spiro atoms. The van der Waals surface area contributed by atoms with E-state index in [9.17, 15) is 14.7 Å². The maximum Gasteiger partial charge on any atom is 0.303 e. The second-order valence-electron chi connectivity index (χ2n) is 11.4. The molecule has 2 aromatic carbocycles. The third-order valence-corrected chi connectivity index (χ3v) is 8.06. The summed E-state index contributed by atoms with van der Waals surface area (Å²) in [7, 11) is 0. The summed E-state index contributed by atoms with van der Waals surface area (Å²) in [6, 6.07) is 16.0. The van der Waals surface area contributed by atoms with Crippen LogP contribution in [0.2, 0.25) is 0 Å². The molecule has 0 unspecified atom stereocenters. The van der Waals surface area contributed by atoms with Crippen LogP contribution in [-0.4, -0.2) is 52.7 Å². The molecule has 1 amide bonds. The van der Waals surface area contributed by atoms with Crippen molar-refractivity contribution in [2.45, 2.75) is 102 Å². The van der Waals surface area contributed by atoms with Gasteiger partial charge in [0.05, 0.1) is 18.8 Å². The molecule has 3 atom stereocenters. The Balaban J connectivity index is 1.35. The minimum absolute atomic E-state index is 0.0225. The normalized spacial score (nSPS) is 22.0. The van der Waals surface area contributed by atoms with E-state index in [1.807, 2.05) is 48.5 Å². The molecule has 2 saturated heterocycles. The number of aliphatic hydroxyl groups excluding tert-OH is 1. The van der Waals surface area contributed by atoms with Crippen molar-refractivity contribution in [2.24, 2.45) is 0 Å². The second-order valence-corrected chi connectivity index (χ2v) is 11.4. The van der Waals surface area contributed by atoms with E-state index in [-0.39, 0.29) is 31.1 Å². The highest BCUT2D eigenvalue weighted by Gasteiger charge is 2.33. The van der Waals surface area contributed by atoms with Crippen LogP contribution in [0.5, 0.6) is 0 Å². The average Bonchev–Trinajstić information content (AvgIpc) is 2.97. The fourth-order valence-electron chi connectivity index (χ4n) is 5.64. The van der Waals surface area contributed by atoms with Crippen molar-refractivity contribution in [3.05, 3.63) is 70.8 Å². The van der Waals surface area contributed by atoms with Gasteiger partial charge >= 0.3 is 5.97 Å². The smallest absolute Gasteiger partial charge is 0.303 e. The zero-order chi connectivity index (χ0) is 28.9. The van der Waals surface area contributed by atoms with E-state index in [0.29, 0.717) is 25.8 Å². The molecule has 4 rings (SSSR count). The molecule has 8 nitrogen and oxygen atoms in total. The number of aliphatic hydroxyl groups is 1. The predicted octanol–water partition coefficient (Wildman–Crippen LogP) is 5.64. The molecular weight excluding hydrogens is 520 g/mol.